The zero-order valence-corrected chi connectivity index (χ0v) is 22.7. The van der Waals surface area contributed by atoms with Crippen molar-refractivity contribution in [2.24, 2.45) is 0 Å². The van der Waals surface area contributed by atoms with Crippen molar-refractivity contribution in [3.8, 4) is 0 Å². The predicted octanol–water partition coefficient (Wildman–Crippen LogP) is 9.69. The van der Waals surface area contributed by atoms with E-state index in [1.165, 1.54) is 55.5 Å². The molecule has 1 nitrogen and oxygen atoms in total. The van der Waals surface area contributed by atoms with Crippen LogP contribution in [0.4, 0.5) is 4.39 Å². The van der Waals surface area contributed by atoms with Crippen molar-refractivity contribution < 1.29 is 4.39 Å². The number of hydrogen-bond acceptors (Lipinski definition) is 1. The molecule has 3 aromatic rings. The van der Waals surface area contributed by atoms with Gasteiger partial charge in [0.1, 0.15) is 5.82 Å². The summed E-state index contributed by atoms with van der Waals surface area (Å²) in [4.78, 5) is 4.22. The van der Waals surface area contributed by atoms with Gasteiger partial charge in [0.25, 0.3) is 0 Å². The SMILES string of the molecule is C=CCCc1ccc(F)cc1.CC.CC(C)c1ccc2c(c1)CCC2.CCCCc1ccccn1. The quantitative estimate of drug-likeness (QED) is 0.310. The Labute approximate surface area is 214 Å². The highest BCUT2D eigenvalue weighted by molar-refractivity contribution is 5.36. The molecule has 0 spiro atoms. The maximum absolute atomic E-state index is 12.4. The second kappa shape index (κ2) is 18.6. The highest BCUT2D eigenvalue weighted by Crippen LogP contribution is 2.25. The van der Waals surface area contributed by atoms with Crippen LogP contribution in [0, 0.1) is 5.82 Å². The van der Waals surface area contributed by atoms with Gasteiger partial charge >= 0.3 is 0 Å². The lowest BCUT2D eigenvalue weighted by Gasteiger charge is -2.07. The van der Waals surface area contributed by atoms with E-state index >= 15 is 0 Å². The third-order valence-electron chi connectivity index (χ3n) is 5.85. The fraction of sp³-hybridized carbons (Fsp3) is 0.424. The van der Waals surface area contributed by atoms with Gasteiger partial charge < -0.3 is 0 Å². The molecule has 1 heterocycles. The van der Waals surface area contributed by atoms with Crippen molar-refractivity contribution in [2.75, 3.05) is 0 Å². The van der Waals surface area contributed by atoms with Crippen molar-refractivity contribution in [3.05, 3.63) is 113 Å². The number of benzene rings is 2. The van der Waals surface area contributed by atoms with Gasteiger partial charge in [0.2, 0.25) is 0 Å². The maximum atomic E-state index is 12.4. The topological polar surface area (TPSA) is 12.9 Å². The van der Waals surface area contributed by atoms with E-state index in [9.17, 15) is 4.39 Å². The minimum atomic E-state index is -0.174. The number of pyridine rings is 1. The summed E-state index contributed by atoms with van der Waals surface area (Å²) in [6.07, 6.45) is 13.2. The van der Waals surface area contributed by atoms with Crippen molar-refractivity contribution in [2.45, 2.75) is 91.9 Å². The Morgan fingerprint density at radius 1 is 0.943 bits per heavy atom. The summed E-state index contributed by atoms with van der Waals surface area (Å²) < 4.78 is 12.4. The molecule has 1 aliphatic rings. The number of unbranched alkanes of at least 4 members (excludes halogenated alkanes) is 1. The summed E-state index contributed by atoms with van der Waals surface area (Å²) in [7, 11) is 0. The molecule has 0 bridgehead atoms. The number of nitrogens with zero attached hydrogens (tertiary/aromatic N) is 1. The number of aromatic nitrogens is 1. The lowest BCUT2D eigenvalue weighted by Crippen LogP contribution is -1.90. The van der Waals surface area contributed by atoms with Gasteiger partial charge in [0, 0.05) is 11.9 Å². The summed E-state index contributed by atoms with van der Waals surface area (Å²) in [6, 6.07) is 19.6. The third kappa shape index (κ3) is 12.5. The molecule has 2 heteroatoms. The molecule has 0 unspecified atom stereocenters. The fourth-order valence-electron chi connectivity index (χ4n) is 3.77. The first kappa shape index (κ1) is 30.3. The summed E-state index contributed by atoms with van der Waals surface area (Å²) in [5.74, 6) is 0.503. The van der Waals surface area contributed by atoms with Gasteiger partial charge in [0.15, 0.2) is 0 Å². The van der Waals surface area contributed by atoms with E-state index in [1.807, 2.05) is 38.3 Å². The fourth-order valence-corrected chi connectivity index (χ4v) is 3.77. The van der Waals surface area contributed by atoms with Gasteiger partial charge in [-0.1, -0.05) is 83.5 Å². The molecular formula is C33H46FN. The lowest BCUT2D eigenvalue weighted by molar-refractivity contribution is 0.627. The molecule has 0 radical (unpaired) electrons. The van der Waals surface area contributed by atoms with E-state index in [2.05, 4.69) is 56.6 Å². The Balaban J connectivity index is 0.000000254. The van der Waals surface area contributed by atoms with Gasteiger partial charge in [0.05, 0.1) is 0 Å². The zero-order valence-electron chi connectivity index (χ0n) is 22.7. The van der Waals surface area contributed by atoms with Gasteiger partial charge in [-0.25, -0.2) is 4.39 Å². The second-order valence-corrected chi connectivity index (χ2v) is 8.91. The van der Waals surface area contributed by atoms with Crippen LogP contribution in [-0.4, -0.2) is 4.98 Å². The summed E-state index contributed by atoms with van der Waals surface area (Å²) >= 11 is 0. The number of rotatable bonds is 7. The molecule has 4 rings (SSSR count). The smallest absolute Gasteiger partial charge is 0.123 e. The van der Waals surface area contributed by atoms with Gasteiger partial charge in [-0.05, 0) is 97.4 Å². The first-order valence-corrected chi connectivity index (χ1v) is 13.4. The summed E-state index contributed by atoms with van der Waals surface area (Å²) in [5, 5.41) is 0. The molecule has 35 heavy (non-hydrogen) atoms. The Hall–Kier alpha value is -2.74. The molecule has 0 saturated carbocycles. The maximum Gasteiger partial charge on any atom is 0.123 e. The van der Waals surface area contributed by atoms with Crippen LogP contribution in [0.1, 0.15) is 94.2 Å². The first-order chi connectivity index (χ1) is 17.0. The van der Waals surface area contributed by atoms with Gasteiger partial charge in [-0.2, -0.15) is 0 Å². The van der Waals surface area contributed by atoms with Crippen LogP contribution in [-0.2, 0) is 25.7 Å². The molecule has 1 aromatic heterocycles. The molecule has 0 saturated heterocycles. The molecule has 1 aliphatic carbocycles. The van der Waals surface area contributed by atoms with Crippen molar-refractivity contribution in [3.63, 3.8) is 0 Å². The van der Waals surface area contributed by atoms with E-state index in [1.54, 1.807) is 23.3 Å². The molecule has 2 aromatic carbocycles. The van der Waals surface area contributed by atoms with Crippen molar-refractivity contribution in [1.82, 2.24) is 4.98 Å². The molecule has 0 N–H and O–H groups in total. The van der Waals surface area contributed by atoms with Crippen LogP contribution in [0.2, 0.25) is 0 Å². The lowest BCUT2D eigenvalue weighted by atomic mass is 9.99. The monoisotopic (exact) mass is 475 g/mol. The van der Waals surface area contributed by atoms with E-state index < -0.39 is 0 Å². The third-order valence-corrected chi connectivity index (χ3v) is 5.85. The molecule has 0 aliphatic heterocycles. The molecule has 0 fully saturated rings. The predicted molar refractivity (Wildman–Crippen MR) is 152 cm³/mol. The Kier molecular flexibility index (Phi) is 16.1. The van der Waals surface area contributed by atoms with Crippen LogP contribution in [0.5, 0.6) is 0 Å². The van der Waals surface area contributed by atoms with Crippen molar-refractivity contribution in [1.29, 1.82) is 0 Å². The standard InChI is InChI=1S/C12H16.C10H11F.C9H13N.C2H6/c1-9(2)11-7-6-10-4-3-5-12(10)8-11;1-2-3-4-9-5-7-10(11)8-6-9;1-2-3-6-9-7-4-5-8-10-9;1-2/h6-9H,3-5H2,1-2H3;2,5-8H,1,3-4H2;4-5,7-8H,2-3,6H2,1H3;1-2H3. The highest BCUT2D eigenvalue weighted by Gasteiger charge is 2.11. The first-order valence-electron chi connectivity index (χ1n) is 13.4. The molecule has 190 valence electrons. The molecular weight excluding hydrogens is 429 g/mol. The van der Waals surface area contributed by atoms with Crippen LogP contribution >= 0.6 is 0 Å². The zero-order chi connectivity index (χ0) is 25.9. The van der Waals surface area contributed by atoms with E-state index in [-0.39, 0.29) is 5.82 Å². The number of allylic oxidation sites excluding steroid dienone is 1. The number of halogens is 1. The van der Waals surface area contributed by atoms with Gasteiger partial charge in [-0.3, -0.25) is 4.98 Å². The van der Waals surface area contributed by atoms with Gasteiger partial charge in [-0.15, -0.1) is 6.58 Å². The Morgan fingerprint density at radius 2 is 1.66 bits per heavy atom. The molecule has 0 atom stereocenters. The largest absolute Gasteiger partial charge is 0.261 e. The van der Waals surface area contributed by atoms with Crippen LogP contribution in [0.3, 0.4) is 0 Å². The minimum absolute atomic E-state index is 0.174. The minimum Gasteiger partial charge on any atom is -0.261 e. The van der Waals surface area contributed by atoms with Crippen LogP contribution < -0.4 is 0 Å². The average Bonchev–Trinajstić information content (AvgIpc) is 3.38. The average molecular weight is 476 g/mol. The summed E-state index contributed by atoms with van der Waals surface area (Å²) in [5.41, 5.74) is 7.05. The van der Waals surface area contributed by atoms with E-state index in [0.717, 1.165) is 24.8 Å². The van der Waals surface area contributed by atoms with Crippen LogP contribution in [0.15, 0.2) is 79.5 Å². The van der Waals surface area contributed by atoms with Crippen molar-refractivity contribution >= 4 is 0 Å². The second-order valence-electron chi connectivity index (χ2n) is 8.91. The highest BCUT2D eigenvalue weighted by atomic mass is 19.1. The van der Waals surface area contributed by atoms with E-state index in [4.69, 9.17) is 0 Å². The Bertz CT molecular complexity index is 929. The number of aryl methyl sites for hydroxylation is 4. The Morgan fingerprint density at radius 3 is 2.26 bits per heavy atom. The normalized spacial score (nSPS) is 11.2. The number of fused-ring (bicyclic) bond motifs is 1. The molecule has 0 amide bonds. The van der Waals surface area contributed by atoms with E-state index in [0.29, 0.717) is 5.92 Å². The van der Waals surface area contributed by atoms with Crippen LogP contribution in [0.25, 0.3) is 0 Å². The summed E-state index contributed by atoms with van der Waals surface area (Å²) in [6.45, 7) is 14.3. The number of hydrogen-bond donors (Lipinski definition) is 0.